The highest BCUT2D eigenvalue weighted by molar-refractivity contribution is 9.10. The maximum absolute atomic E-state index is 13.5. The molecule has 0 aliphatic rings. The Bertz CT molecular complexity index is 311. The third-order valence-electron chi connectivity index (χ3n) is 2.41. The number of nitrogens with zero attached hydrogens (tertiary/aromatic N) is 1. The topological polar surface area (TPSA) is 15.3 Å². The standard InChI is InChI=1S/C12H18BrFN2/c1-3-15-7-8-16(2)9-10-11(13)5-4-6-12(10)14/h4-6,15H,3,7-9H2,1-2H3. The number of likely N-dealkylation sites (N-methyl/N-ethyl adjacent to an activating group) is 2. The monoisotopic (exact) mass is 288 g/mol. The van der Waals surface area contributed by atoms with Crippen LogP contribution in [0.1, 0.15) is 12.5 Å². The molecule has 90 valence electrons. The fourth-order valence-corrected chi connectivity index (χ4v) is 1.95. The zero-order chi connectivity index (χ0) is 12.0. The van der Waals surface area contributed by atoms with Crippen LogP contribution in [0.4, 0.5) is 4.39 Å². The maximum atomic E-state index is 13.5. The molecule has 1 aromatic rings. The molecule has 0 radical (unpaired) electrons. The Balaban J connectivity index is 2.52. The molecule has 0 saturated heterocycles. The predicted molar refractivity (Wildman–Crippen MR) is 69.0 cm³/mol. The van der Waals surface area contributed by atoms with Crippen LogP contribution in [0.15, 0.2) is 22.7 Å². The molecule has 0 atom stereocenters. The van der Waals surface area contributed by atoms with Crippen molar-refractivity contribution in [3.05, 3.63) is 34.1 Å². The van der Waals surface area contributed by atoms with E-state index in [-0.39, 0.29) is 5.82 Å². The number of hydrogen-bond donors (Lipinski definition) is 1. The van der Waals surface area contributed by atoms with Crippen molar-refractivity contribution in [1.29, 1.82) is 0 Å². The molecule has 0 amide bonds. The third kappa shape index (κ3) is 4.20. The Morgan fingerprint density at radius 3 is 2.81 bits per heavy atom. The fraction of sp³-hybridized carbons (Fsp3) is 0.500. The highest BCUT2D eigenvalue weighted by Gasteiger charge is 2.08. The minimum Gasteiger partial charge on any atom is -0.316 e. The summed E-state index contributed by atoms with van der Waals surface area (Å²) in [7, 11) is 2.00. The van der Waals surface area contributed by atoms with Crippen molar-refractivity contribution in [3.63, 3.8) is 0 Å². The molecule has 1 rings (SSSR count). The molecule has 16 heavy (non-hydrogen) atoms. The first-order valence-electron chi connectivity index (χ1n) is 5.47. The molecule has 1 aromatic carbocycles. The van der Waals surface area contributed by atoms with E-state index in [2.05, 4.69) is 33.1 Å². The lowest BCUT2D eigenvalue weighted by atomic mass is 10.2. The van der Waals surface area contributed by atoms with Gasteiger partial charge >= 0.3 is 0 Å². The average Bonchev–Trinajstić information content (AvgIpc) is 2.24. The van der Waals surface area contributed by atoms with Crippen molar-refractivity contribution in [3.8, 4) is 0 Å². The van der Waals surface area contributed by atoms with Crippen LogP contribution in [-0.4, -0.2) is 31.6 Å². The molecular formula is C12H18BrFN2. The second-order valence-electron chi connectivity index (χ2n) is 3.79. The Morgan fingerprint density at radius 2 is 2.19 bits per heavy atom. The van der Waals surface area contributed by atoms with Gasteiger partial charge in [0.25, 0.3) is 0 Å². The summed E-state index contributed by atoms with van der Waals surface area (Å²) < 4.78 is 14.4. The van der Waals surface area contributed by atoms with Gasteiger partial charge in [0.2, 0.25) is 0 Å². The van der Waals surface area contributed by atoms with Crippen LogP contribution in [0.25, 0.3) is 0 Å². The lowest BCUT2D eigenvalue weighted by molar-refractivity contribution is 0.319. The molecule has 0 heterocycles. The van der Waals surface area contributed by atoms with Crippen molar-refractivity contribution in [1.82, 2.24) is 10.2 Å². The van der Waals surface area contributed by atoms with E-state index < -0.39 is 0 Å². The van der Waals surface area contributed by atoms with Gasteiger partial charge in [-0.3, -0.25) is 0 Å². The van der Waals surface area contributed by atoms with Gasteiger partial charge in [-0.1, -0.05) is 28.9 Å². The van der Waals surface area contributed by atoms with Gasteiger partial charge in [-0.05, 0) is 25.7 Å². The van der Waals surface area contributed by atoms with E-state index >= 15 is 0 Å². The molecule has 0 saturated carbocycles. The van der Waals surface area contributed by atoms with Crippen molar-refractivity contribution in [2.24, 2.45) is 0 Å². The Hall–Kier alpha value is -0.450. The Labute approximate surface area is 105 Å². The fourth-order valence-electron chi connectivity index (χ4n) is 1.48. The molecule has 0 unspecified atom stereocenters. The molecule has 1 N–H and O–H groups in total. The Morgan fingerprint density at radius 1 is 1.44 bits per heavy atom. The lowest BCUT2D eigenvalue weighted by Crippen LogP contribution is -2.29. The summed E-state index contributed by atoms with van der Waals surface area (Å²) in [6.45, 7) is 5.51. The minimum atomic E-state index is -0.148. The highest BCUT2D eigenvalue weighted by atomic mass is 79.9. The van der Waals surface area contributed by atoms with E-state index in [1.165, 1.54) is 6.07 Å². The quantitative estimate of drug-likeness (QED) is 0.810. The maximum Gasteiger partial charge on any atom is 0.128 e. The predicted octanol–water partition coefficient (Wildman–Crippen LogP) is 2.63. The first-order valence-corrected chi connectivity index (χ1v) is 6.26. The van der Waals surface area contributed by atoms with E-state index in [9.17, 15) is 4.39 Å². The second kappa shape index (κ2) is 6.99. The second-order valence-corrected chi connectivity index (χ2v) is 4.65. The lowest BCUT2D eigenvalue weighted by Gasteiger charge is -2.18. The van der Waals surface area contributed by atoms with Crippen LogP contribution in [0.3, 0.4) is 0 Å². The van der Waals surface area contributed by atoms with Gasteiger partial charge < -0.3 is 10.2 Å². The molecule has 0 fully saturated rings. The van der Waals surface area contributed by atoms with Crippen molar-refractivity contribution in [2.45, 2.75) is 13.5 Å². The van der Waals surface area contributed by atoms with Gasteiger partial charge in [-0.25, -0.2) is 4.39 Å². The third-order valence-corrected chi connectivity index (χ3v) is 3.15. The van der Waals surface area contributed by atoms with Gasteiger partial charge in [-0.2, -0.15) is 0 Å². The van der Waals surface area contributed by atoms with Gasteiger partial charge in [-0.15, -0.1) is 0 Å². The molecule has 0 bridgehead atoms. The molecular weight excluding hydrogens is 271 g/mol. The van der Waals surface area contributed by atoms with Crippen LogP contribution in [0, 0.1) is 5.82 Å². The summed E-state index contributed by atoms with van der Waals surface area (Å²) >= 11 is 3.38. The van der Waals surface area contributed by atoms with Crippen LogP contribution < -0.4 is 5.32 Å². The van der Waals surface area contributed by atoms with Crippen molar-refractivity contribution < 1.29 is 4.39 Å². The molecule has 0 aliphatic carbocycles. The van der Waals surface area contributed by atoms with Crippen molar-refractivity contribution >= 4 is 15.9 Å². The first kappa shape index (κ1) is 13.6. The van der Waals surface area contributed by atoms with E-state index in [4.69, 9.17) is 0 Å². The highest BCUT2D eigenvalue weighted by Crippen LogP contribution is 2.20. The van der Waals surface area contributed by atoms with Crippen LogP contribution in [0.2, 0.25) is 0 Å². The van der Waals surface area contributed by atoms with Crippen LogP contribution in [0.5, 0.6) is 0 Å². The summed E-state index contributed by atoms with van der Waals surface area (Å²) in [6, 6.07) is 5.08. The number of halogens is 2. The minimum absolute atomic E-state index is 0.148. The van der Waals surface area contributed by atoms with Crippen molar-refractivity contribution in [2.75, 3.05) is 26.7 Å². The summed E-state index contributed by atoms with van der Waals surface area (Å²) in [6.07, 6.45) is 0. The van der Waals surface area contributed by atoms with E-state index in [0.29, 0.717) is 6.54 Å². The van der Waals surface area contributed by atoms with Gasteiger partial charge in [0, 0.05) is 29.7 Å². The Kier molecular flexibility index (Phi) is 5.95. The number of benzene rings is 1. The van der Waals surface area contributed by atoms with E-state index in [1.54, 1.807) is 6.07 Å². The van der Waals surface area contributed by atoms with Gasteiger partial charge in [0.05, 0.1) is 0 Å². The largest absolute Gasteiger partial charge is 0.316 e. The number of nitrogens with one attached hydrogen (secondary N) is 1. The zero-order valence-corrected chi connectivity index (χ0v) is 11.3. The number of rotatable bonds is 6. The zero-order valence-electron chi connectivity index (χ0n) is 9.76. The van der Waals surface area contributed by atoms with E-state index in [0.717, 1.165) is 29.7 Å². The molecule has 0 aromatic heterocycles. The summed E-state index contributed by atoms with van der Waals surface area (Å²) in [5, 5.41) is 3.25. The smallest absolute Gasteiger partial charge is 0.128 e. The number of hydrogen-bond acceptors (Lipinski definition) is 2. The molecule has 0 aliphatic heterocycles. The SMILES string of the molecule is CCNCCN(C)Cc1c(F)cccc1Br. The van der Waals surface area contributed by atoms with E-state index in [1.807, 2.05) is 13.1 Å². The molecule has 4 heteroatoms. The van der Waals surface area contributed by atoms with Gasteiger partial charge in [0.1, 0.15) is 5.82 Å². The summed E-state index contributed by atoms with van der Waals surface area (Å²) in [5.74, 6) is -0.148. The average molecular weight is 289 g/mol. The summed E-state index contributed by atoms with van der Waals surface area (Å²) in [5.41, 5.74) is 0.724. The van der Waals surface area contributed by atoms with Crippen LogP contribution in [-0.2, 0) is 6.54 Å². The van der Waals surface area contributed by atoms with Gasteiger partial charge in [0.15, 0.2) is 0 Å². The van der Waals surface area contributed by atoms with Crippen LogP contribution >= 0.6 is 15.9 Å². The molecule has 2 nitrogen and oxygen atoms in total. The summed E-state index contributed by atoms with van der Waals surface area (Å²) in [4.78, 5) is 2.10. The first-order chi connectivity index (χ1) is 7.65. The molecule has 0 spiro atoms. The normalized spacial score (nSPS) is 11.1.